The molecule has 0 aromatic carbocycles. The van der Waals surface area contributed by atoms with Gasteiger partial charge in [-0.3, -0.25) is 9.69 Å². The molecular weight excluding hydrogens is 518 g/mol. The Morgan fingerprint density at radius 2 is 1.27 bits per heavy atom. The summed E-state index contributed by atoms with van der Waals surface area (Å²) in [4.78, 5) is 14.7. The molecular formula is C34H65NO6. The van der Waals surface area contributed by atoms with Crippen molar-refractivity contribution in [2.24, 2.45) is 0 Å². The standard InChI is InChI=1S/C34H65NO6/c1-3-5-7-9-11-13-15-17-20-29(36)26-35(27-30(37)21-18-16-14-12-10-8-6-4-2)24-19-22-33(38)41-32-28-40-31-23-25-39-34(31)32/h29-32,34,36-37H,3-28H2,1-2H3/t29?,30?,31?,32-,34?/m1/s1. The van der Waals surface area contributed by atoms with E-state index < -0.39 is 12.2 Å². The van der Waals surface area contributed by atoms with E-state index in [1.54, 1.807) is 0 Å². The highest BCUT2D eigenvalue weighted by atomic mass is 16.6. The normalized spacial score (nSPS) is 21.8. The zero-order chi connectivity index (χ0) is 29.5. The van der Waals surface area contributed by atoms with E-state index in [0.29, 0.717) is 45.7 Å². The minimum atomic E-state index is -0.399. The molecule has 4 unspecified atom stereocenters. The van der Waals surface area contributed by atoms with Gasteiger partial charge in [-0.05, 0) is 32.2 Å². The number of unbranched alkanes of at least 4 members (excludes halogenated alkanes) is 14. The van der Waals surface area contributed by atoms with Crippen LogP contribution in [0.2, 0.25) is 0 Å². The van der Waals surface area contributed by atoms with Gasteiger partial charge in [-0.25, -0.2) is 0 Å². The topological polar surface area (TPSA) is 88.5 Å². The average Bonchev–Trinajstić information content (AvgIpc) is 3.57. The summed E-state index contributed by atoms with van der Waals surface area (Å²) < 4.78 is 17.1. The Balaban J connectivity index is 1.67. The van der Waals surface area contributed by atoms with Crippen LogP contribution >= 0.6 is 0 Å². The average molecular weight is 584 g/mol. The van der Waals surface area contributed by atoms with Gasteiger partial charge in [0.05, 0.1) is 24.9 Å². The number of esters is 1. The molecule has 2 aliphatic heterocycles. The predicted molar refractivity (Wildman–Crippen MR) is 166 cm³/mol. The zero-order valence-corrected chi connectivity index (χ0v) is 26.7. The lowest BCUT2D eigenvalue weighted by molar-refractivity contribution is -0.153. The molecule has 2 rings (SSSR count). The first-order chi connectivity index (χ1) is 20.0. The summed E-state index contributed by atoms with van der Waals surface area (Å²) in [5.41, 5.74) is 0. The van der Waals surface area contributed by atoms with E-state index in [1.165, 1.54) is 89.9 Å². The number of nitrogens with zero attached hydrogens (tertiary/aromatic N) is 1. The number of hydrogen-bond donors (Lipinski definition) is 2. The maximum absolute atomic E-state index is 12.5. The van der Waals surface area contributed by atoms with Crippen LogP contribution < -0.4 is 0 Å². The Bertz CT molecular complexity index is 606. The van der Waals surface area contributed by atoms with Crippen LogP contribution in [0.3, 0.4) is 0 Å². The van der Waals surface area contributed by atoms with E-state index in [2.05, 4.69) is 18.7 Å². The molecule has 2 saturated heterocycles. The second-order valence-corrected chi connectivity index (χ2v) is 12.7. The van der Waals surface area contributed by atoms with Gasteiger partial charge in [-0.2, -0.15) is 0 Å². The highest BCUT2D eigenvalue weighted by Crippen LogP contribution is 2.28. The number of aliphatic hydroxyl groups excluding tert-OH is 2. The molecule has 0 aliphatic carbocycles. The molecule has 41 heavy (non-hydrogen) atoms. The quantitative estimate of drug-likeness (QED) is 0.0799. The van der Waals surface area contributed by atoms with Crippen LogP contribution in [0, 0.1) is 0 Å². The second kappa shape index (κ2) is 23.7. The van der Waals surface area contributed by atoms with Crippen molar-refractivity contribution in [1.82, 2.24) is 4.90 Å². The predicted octanol–water partition coefficient (Wildman–Crippen LogP) is 6.95. The fourth-order valence-corrected chi connectivity index (χ4v) is 6.27. The third-order valence-corrected chi connectivity index (χ3v) is 8.78. The van der Waals surface area contributed by atoms with E-state index in [9.17, 15) is 15.0 Å². The number of carbonyl (C=O) groups is 1. The van der Waals surface area contributed by atoms with Crippen molar-refractivity contribution >= 4 is 5.97 Å². The van der Waals surface area contributed by atoms with Gasteiger partial charge in [0.1, 0.15) is 6.10 Å². The first-order valence-electron chi connectivity index (χ1n) is 17.5. The summed E-state index contributed by atoms with van der Waals surface area (Å²) in [6, 6.07) is 0. The molecule has 2 fully saturated rings. The molecule has 5 atom stereocenters. The number of aliphatic hydroxyl groups is 2. The summed E-state index contributed by atoms with van der Waals surface area (Å²) >= 11 is 0. The summed E-state index contributed by atoms with van der Waals surface area (Å²) in [6.07, 6.45) is 22.4. The van der Waals surface area contributed by atoms with Crippen molar-refractivity contribution in [1.29, 1.82) is 0 Å². The van der Waals surface area contributed by atoms with Crippen molar-refractivity contribution in [3.63, 3.8) is 0 Å². The molecule has 242 valence electrons. The molecule has 0 saturated carbocycles. The van der Waals surface area contributed by atoms with Crippen LogP contribution in [0.1, 0.15) is 149 Å². The monoisotopic (exact) mass is 583 g/mol. The minimum absolute atomic E-state index is 0.0633. The Kier molecular flexibility index (Phi) is 21.1. The lowest BCUT2D eigenvalue weighted by atomic mass is 10.0. The third-order valence-electron chi connectivity index (χ3n) is 8.78. The van der Waals surface area contributed by atoms with Crippen LogP contribution in [-0.4, -0.2) is 84.5 Å². The fourth-order valence-electron chi connectivity index (χ4n) is 6.27. The number of hydrogen-bond acceptors (Lipinski definition) is 7. The van der Waals surface area contributed by atoms with Gasteiger partial charge in [0, 0.05) is 26.1 Å². The van der Waals surface area contributed by atoms with Crippen molar-refractivity contribution < 1.29 is 29.2 Å². The van der Waals surface area contributed by atoms with Gasteiger partial charge >= 0.3 is 5.97 Å². The van der Waals surface area contributed by atoms with Crippen LogP contribution in [0.25, 0.3) is 0 Å². The molecule has 0 aromatic heterocycles. The van der Waals surface area contributed by atoms with Crippen molar-refractivity contribution in [3.05, 3.63) is 0 Å². The molecule has 7 nitrogen and oxygen atoms in total. The lowest BCUT2D eigenvalue weighted by Gasteiger charge is -2.27. The summed E-state index contributed by atoms with van der Waals surface area (Å²) in [5.74, 6) is -0.214. The molecule has 0 bridgehead atoms. The fraction of sp³-hybridized carbons (Fsp3) is 0.971. The number of fused-ring (bicyclic) bond motifs is 1. The summed E-state index contributed by atoms with van der Waals surface area (Å²) in [5, 5.41) is 21.6. The first kappa shape index (κ1) is 36.5. The van der Waals surface area contributed by atoms with Gasteiger partial charge in [-0.15, -0.1) is 0 Å². The van der Waals surface area contributed by atoms with Crippen LogP contribution in [-0.2, 0) is 19.0 Å². The smallest absolute Gasteiger partial charge is 0.306 e. The van der Waals surface area contributed by atoms with Gasteiger partial charge in [0.15, 0.2) is 6.10 Å². The number of carbonyl (C=O) groups excluding carboxylic acids is 1. The highest BCUT2D eigenvalue weighted by Gasteiger charge is 2.43. The molecule has 0 aromatic rings. The zero-order valence-electron chi connectivity index (χ0n) is 26.7. The van der Waals surface area contributed by atoms with Gasteiger partial charge in [0.2, 0.25) is 0 Å². The molecule has 0 spiro atoms. The van der Waals surface area contributed by atoms with Crippen molar-refractivity contribution in [2.75, 3.05) is 32.8 Å². The Hall–Kier alpha value is -0.730. The highest BCUT2D eigenvalue weighted by molar-refractivity contribution is 5.69. The second-order valence-electron chi connectivity index (χ2n) is 12.7. The summed E-state index contributed by atoms with van der Waals surface area (Å²) in [7, 11) is 0. The maximum Gasteiger partial charge on any atom is 0.306 e. The number of rotatable bonds is 27. The van der Waals surface area contributed by atoms with Crippen LogP contribution in [0.15, 0.2) is 0 Å². The first-order valence-corrected chi connectivity index (χ1v) is 17.5. The SMILES string of the molecule is CCCCCCCCCCC(O)CN(CCCC(=O)O[C@@H]1COC2CCOC21)CC(O)CCCCCCCCCC. The van der Waals surface area contributed by atoms with Crippen molar-refractivity contribution in [3.8, 4) is 0 Å². The van der Waals surface area contributed by atoms with E-state index in [4.69, 9.17) is 14.2 Å². The third kappa shape index (κ3) is 17.2. The van der Waals surface area contributed by atoms with E-state index in [1.807, 2.05) is 0 Å². The van der Waals surface area contributed by atoms with E-state index in [-0.39, 0.29) is 24.3 Å². The molecule has 7 heteroatoms. The van der Waals surface area contributed by atoms with Gasteiger partial charge in [0.25, 0.3) is 0 Å². The van der Waals surface area contributed by atoms with Gasteiger partial charge in [-0.1, -0.05) is 117 Å². The Morgan fingerprint density at radius 3 is 1.80 bits per heavy atom. The molecule has 2 N–H and O–H groups in total. The Labute approximate surface area is 252 Å². The van der Waals surface area contributed by atoms with Crippen LogP contribution in [0.4, 0.5) is 0 Å². The molecule has 2 heterocycles. The van der Waals surface area contributed by atoms with E-state index >= 15 is 0 Å². The minimum Gasteiger partial charge on any atom is -0.457 e. The van der Waals surface area contributed by atoms with Gasteiger partial charge < -0.3 is 24.4 Å². The molecule has 0 amide bonds. The largest absolute Gasteiger partial charge is 0.457 e. The number of ether oxygens (including phenoxy) is 3. The van der Waals surface area contributed by atoms with E-state index in [0.717, 1.165) is 32.1 Å². The maximum atomic E-state index is 12.5. The molecule has 2 aliphatic rings. The van der Waals surface area contributed by atoms with Crippen LogP contribution in [0.5, 0.6) is 0 Å². The lowest BCUT2D eigenvalue weighted by Crippen LogP contribution is -2.39. The molecule has 0 radical (unpaired) electrons. The Morgan fingerprint density at radius 1 is 0.756 bits per heavy atom. The summed E-state index contributed by atoms with van der Waals surface area (Å²) in [6.45, 7) is 7.35. The van der Waals surface area contributed by atoms with Crippen molar-refractivity contribution in [2.45, 2.75) is 179 Å².